The minimum Gasteiger partial charge on any atom is -0.481 e. The lowest BCUT2D eigenvalue weighted by Crippen LogP contribution is -2.30. The van der Waals surface area contributed by atoms with Gasteiger partial charge in [0.05, 0.1) is 47.2 Å². The van der Waals surface area contributed by atoms with Gasteiger partial charge >= 0.3 is 12.4 Å². The summed E-state index contributed by atoms with van der Waals surface area (Å²) < 4.78 is 162. The molecule has 0 N–H and O–H groups in total. The molecule has 0 saturated heterocycles. The summed E-state index contributed by atoms with van der Waals surface area (Å²) in [5.74, 6) is -1.46. The number of sulfone groups is 2. The zero-order valence-corrected chi connectivity index (χ0v) is 44.5. The molecule has 4 atom stereocenters. The number of aromatic nitrogens is 12. The first-order valence-electron chi connectivity index (χ1n) is 23.2. The Morgan fingerprint density at radius 3 is 1.17 bits per heavy atom. The average molecular weight is 1130 g/mol. The molecular formula is C50H50F6N12O8S2. The highest BCUT2D eigenvalue weighted by Gasteiger charge is 2.40. The van der Waals surface area contributed by atoms with Gasteiger partial charge in [0.15, 0.2) is 54.6 Å². The molecule has 0 aliphatic heterocycles. The molecule has 0 fully saturated rings. The Hall–Kier alpha value is -7.82. The number of methoxy groups -OCH3 is 4. The van der Waals surface area contributed by atoms with Crippen LogP contribution < -0.4 is 9.47 Å². The summed E-state index contributed by atoms with van der Waals surface area (Å²) in [4.78, 5) is 25.2. The fourth-order valence-electron chi connectivity index (χ4n) is 7.89. The first kappa shape index (κ1) is 57.9. The number of alkyl halides is 6. The predicted octanol–water partition coefficient (Wildman–Crippen LogP) is 8.29. The number of rotatable bonds is 18. The maximum atomic E-state index is 14.0. The van der Waals surface area contributed by atoms with Gasteiger partial charge in [-0.05, 0) is 75.2 Å². The summed E-state index contributed by atoms with van der Waals surface area (Å²) in [5.41, 5.74) is -0.864. The zero-order chi connectivity index (χ0) is 56.7. The molecule has 412 valence electrons. The van der Waals surface area contributed by atoms with Crippen LogP contribution in [0.3, 0.4) is 0 Å². The largest absolute Gasteiger partial charge is 0.481 e. The first-order valence-corrected chi connectivity index (χ1v) is 26.7. The molecule has 6 aromatic heterocycles. The molecule has 8 aromatic rings. The van der Waals surface area contributed by atoms with Gasteiger partial charge in [-0.2, -0.15) is 26.3 Å². The SMILES string of the molecule is COc1cccc(-c2nnc(CS(=O)(=O)[C@@H](C)[C@H](OC)c3ncc(C)cn3)n2-c2ccccc2C(F)(F)F)n1.COc1cccc(-c2nnc(CS(=O)(=O)[C@@H](C)[C@H](OC)c3ncc(C)cn3)n2-c2ccccc2C(F)(F)F)n1. The number of ether oxygens (including phenoxy) is 4. The third kappa shape index (κ3) is 12.9. The molecule has 0 aliphatic rings. The monoisotopic (exact) mass is 1120 g/mol. The number of pyridine rings is 2. The second-order valence-electron chi connectivity index (χ2n) is 17.3. The summed E-state index contributed by atoms with van der Waals surface area (Å²) in [6, 6.07) is 18.8. The maximum absolute atomic E-state index is 14.0. The van der Waals surface area contributed by atoms with E-state index in [1.165, 1.54) is 116 Å². The van der Waals surface area contributed by atoms with Gasteiger partial charge in [-0.15, -0.1) is 20.4 Å². The Labute approximate surface area is 443 Å². The highest BCUT2D eigenvalue weighted by atomic mass is 32.2. The Morgan fingerprint density at radius 1 is 0.500 bits per heavy atom. The fourth-order valence-corrected chi connectivity index (χ4v) is 10.7. The van der Waals surface area contributed by atoms with Gasteiger partial charge in [0.25, 0.3) is 0 Å². The lowest BCUT2D eigenvalue weighted by Gasteiger charge is -2.22. The van der Waals surface area contributed by atoms with Crippen LogP contribution in [-0.4, -0.2) is 115 Å². The van der Waals surface area contributed by atoms with Crippen molar-refractivity contribution in [1.29, 1.82) is 0 Å². The molecule has 28 heteroatoms. The van der Waals surface area contributed by atoms with Gasteiger partial charge < -0.3 is 18.9 Å². The van der Waals surface area contributed by atoms with Crippen LogP contribution in [0.2, 0.25) is 0 Å². The molecule has 20 nitrogen and oxygen atoms in total. The normalized spacial score (nSPS) is 13.7. The van der Waals surface area contributed by atoms with Gasteiger partial charge in [0, 0.05) is 51.1 Å². The van der Waals surface area contributed by atoms with E-state index in [4.69, 9.17) is 18.9 Å². The van der Waals surface area contributed by atoms with Crippen LogP contribution in [-0.2, 0) is 53.0 Å². The molecule has 0 amide bonds. The van der Waals surface area contributed by atoms with Crippen LogP contribution in [0.25, 0.3) is 34.4 Å². The van der Waals surface area contributed by atoms with Gasteiger partial charge in [0.1, 0.15) is 35.1 Å². The van der Waals surface area contributed by atoms with E-state index in [0.717, 1.165) is 32.4 Å². The van der Waals surface area contributed by atoms with E-state index in [1.54, 1.807) is 38.1 Å². The molecule has 0 radical (unpaired) electrons. The minimum atomic E-state index is -4.74. The second-order valence-corrected chi connectivity index (χ2v) is 22.0. The highest BCUT2D eigenvalue weighted by Crippen LogP contribution is 2.39. The molecule has 0 saturated carbocycles. The Kier molecular flexibility index (Phi) is 17.7. The number of halogens is 6. The number of benzene rings is 2. The lowest BCUT2D eigenvalue weighted by molar-refractivity contribution is -0.138. The van der Waals surface area contributed by atoms with Gasteiger partial charge in [-0.3, -0.25) is 9.13 Å². The van der Waals surface area contributed by atoms with Crippen LogP contribution >= 0.6 is 0 Å². The van der Waals surface area contributed by atoms with Crippen molar-refractivity contribution in [3.8, 4) is 46.2 Å². The van der Waals surface area contributed by atoms with Crippen LogP contribution in [0.15, 0.2) is 110 Å². The van der Waals surface area contributed by atoms with Crippen molar-refractivity contribution in [2.75, 3.05) is 28.4 Å². The van der Waals surface area contributed by atoms with E-state index in [9.17, 15) is 43.2 Å². The molecule has 8 rings (SSSR count). The Morgan fingerprint density at radius 2 is 0.846 bits per heavy atom. The van der Waals surface area contributed by atoms with Gasteiger partial charge in [-0.25, -0.2) is 46.7 Å². The minimum absolute atomic E-state index is 0.0892. The molecule has 0 bridgehead atoms. The molecule has 0 spiro atoms. The fraction of sp³-hybridized carbons (Fsp3) is 0.320. The van der Waals surface area contributed by atoms with Crippen LogP contribution in [0.5, 0.6) is 11.8 Å². The topological polar surface area (TPSA) is 244 Å². The standard InChI is InChI=1S/2C25H25F3N6O4S/c2*1-15-12-29-23(30-13-15)22(38-4)16(2)39(35,36)14-20-32-33-24(18-9-7-11-21(31-18)37-3)34(20)19-10-6-5-8-17(19)25(26,27)28/h2*5-13,16,22H,14H2,1-4H3/t2*16-,22-/m00/s1. The number of para-hydroxylation sites is 2. The second kappa shape index (κ2) is 23.8. The van der Waals surface area contributed by atoms with Crippen LogP contribution in [0.4, 0.5) is 26.3 Å². The third-order valence-corrected chi connectivity index (χ3v) is 16.0. The first-order chi connectivity index (χ1) is 36.9. The summed E-state index contributed by atoms with van der Waals surface area (Å²) in [6.07, 6.45) is -5.42. The molecule has 78 heavy (non-hydrogen) atoms. The summed E-state index contributed by atoms with van der Waals surface area (Å²) in [7, 11) is -2.76. The third-order valence-electron chi connectivity index (χ3n) is 11.9. The van der Waals surface area contributed by atoms with E-state index < -0.39 is 77.4 Å². The van der Waals surface area contributed by atoms with E-state index in [-0.39, 0.29) is 69.5 Å². The summed E-state index contributed by atoms with van der Waals surface area (Å²) in [5, 5.41) is 13.7. The average Bonchev–Trinajstić information content (AvgIpc) is 4.04. The quantitative estimate of drug-likeness (QED) is 0.0733. The van der Waals surface area contributed by atoms with Crippen molar-refractivity contribution in [2.24, 2.45) is 0 Å². The molecular weight excluding hydrogens is 1070 g/mol. The van der Waals surface area contributed by atoms with Crippen molar-refractivity contribution in [3.05, 3.63) is 155 Å². The van der Waals surface area contributed by atoms with E-state index in [0.29, 0.717) is 0 Å². The van der Waals surface area contributed by atoms with Crippen molar-refractivity contribution in [1.82, 2.24) is 59.4 Å². The van der Waals surface area contributed by atoms with E-state index in [1.807, 2.05) is 0 Å². The van der Waals surface area contributed by atoms with E-state index >= 15 is 0 Å². The van der Waals surface area contributed by atoms with Crippen molar-refractivity contribution >= 4 is 19.7 Å². The molecule has 2 aromatic carbocycles. The van der Waals surface area contributed by atoms with E-state index in [2.05, 4.69) is 50.3 Å². The molecule has 0 unspecified atom stereocenters. The van der Waals surface area contributed by atoms with Gasteiger partial charge in [-0.1, -0.05) is 36.4 Å². The number of aryl methyl sites for hydroxylation is 2. The number of nitrogens with zero attached hydrogens (tertiary/aromatic N) is 12. The van der Waals surface area contributed by atoms with Gasteiger partial charge in [0.2, 0.25) is 11.8 Å². The lowest BCUT2D eigenvalue weighted by atomic mass is 10.1. The summed E-state index contributed by atoms with van der Waals surface area (Å²) in [6.45, 7) is 6.40. The highest BCUT2D eigenvalue weighted by molar-refractivity contribution is 7.91. The van der Waals surface area contributed by atoms with Crippen molar-refractivity contribution < 1.29 is 62.1 Å². The Bertz CT molecular complexity index is 3350. The maximum Gasteiger partial charge on any atom is 0.418 e. The predicted molar refractivity (Wildman–Crippen MR) is 269 cm³/mol. The smallest absolute Gasteiger partial charge is 0.418 e. The Balaban J connectivity index is 0.000000226. The van der Waals surface area contributed by atoms with Crippen molar-refractivity contribution in [2.45, 2.75) is 74.3 Å². The summed E-state index contributed by atoms with van der Waals surface area (Å²) >= 11 is 0. The van der Waals surface area contributed by atoms with Crippen LogP contribution in [0, 0.1) is 13.8 Å². The number of hydrogen-bond acceptors (Lipinski definition) is 18. The van der Waals surface area contributed by atoms with Crippen molar-refractivity contribution in [3.63, 3.8) is 0 Å². The molecule has 6 heterocycles. The molecule has 0 aliphatic carbocycles. The zero-order valence-electron chi connectivity index (χ0n) is 42.8. The number of hydrogen-bond donors (Lipinski definition) is 0. The van der Waals surface area contributed by atoms with Crippen LogP contribution in [0.1, 0.15) is 71.6 Å².